The van der Waals surface area contributed by atoms with Crippen LogP contribution in [0.5, 0.6) is 0 Å². The Labute approximate surface area is 121 Å². The fourth-order valence-corrected chi connectivity index (χ4v) is 1.82. The highest BCUT2D eigenvalue weighted by Crippen LogP contribution is 2.38. The van der Waals surface area contributed by atoms with Crippen molar-refractivity contribution >= 4 is 12.4 Å². The maximum absolute atomic E-state index is 13.7. The predicted molar refractivity (Wildman–Crippen MR) is 71.0 cm³/mol. The van der Waals surface area contributed by atoms with Crippen molar-refractivity contribution in [3.05, 3.63) is 35.1 Å². The van der Waals surface area contributed by atoms with Gasteiger partial charge in [0.2, 0.25) is 0 Å². The molecule has 1 aromatic carbocycles. The van der Waals surface area contributed by atoms with E-state index in [4.69, 9.17) is 5.73 Å². The lowest BCUT2D eigenvalue weighted by Gasteiger charge is -2.32. The van der Waals surface area contributed by atoms with Crippen LogP contribution >= 0.6 is 12.4 Å². The molecule has 0 aliphatic carbocycles. The molecule has 1 aromatic rings. The van der Waals surface area contributed by atoms with Crippen molar-refractivity contribution in [3.8, 4) is 0 Å². The molecule has 0 radical (unpaired) electrons. The first-order valence-corrected chi connectivity index (χ1v) is 5.75. The normalized spacial score (nSPS) is 15.4. The number of hydrogen-bond donors (Lipinski definition) is 2. The summed E-state index contributed by atoms with van der Waals surface area (Å²) in [4.78, 5) is 0. The summed E-state index contributed by atoms with van der Waals surface area (Å²) in [5.41, 5.74) is 3.03. The van der Waals surface area contributed by atoms with Crippen molar-refractivity contribution in [3.63, 3.8) is 0 Å². The van der Waals surface area contributed by atoms with Crippen LogP contribution in [-0.2, 0) is 6.18 Å². The van der Waals surface area contributed by atoms with Gasteiger partial charge in [-0.3, -0.25) is 0 Å². The maximum atomic E-state index is 13.7. The molecule has 0 aliphatic heterocycles. The second-order valence-corrected chi connectivity index (χ2v) is 5.54. The average Bonchev–Trinajstić information content (AvgIpc) is 2.24. The van der Waals surface area contributed by atoms with Crippen LogP contribution in [0.4, 0.5) is 17.6 Å². The van der Waals surface area contributed by atoms with E-state index in [0.717, 1.165) is 18.2 Å². The van der Waals surface area contributed by atoms with Crippen molar-refractivity contribution in [2.45, 2.75) is 39.1 Å². The summed E-state index contributed by atoms with van der Waals surface area (Å²) in [5, 5.41) is 9.96. The van der Waals surface area contributed by atoms with Gasteiger partial charge in [0.15, 0.2) is 0 Å². The van der Waals surface area contributed by atoms with Gasteiger partial charge in [0.25, 0.3) is 0 Å². The summed E-state index contributed by atoms with van der Waals surface area (Å²) < 4.78 is 52.2. The minimum atomic E-state index is -4.72. The molecule has 0 heterocycles. The van der Waals surface area contributed by atoms with Crippen molar-refractivity contribution < 1.29 is 22.7 Å². The predicted octanol–water partition coefficient (Wildman–Crippen LogP) is 3.67. The van der Waals surface area contributed by atoms with Crippen molar-refractivity contribution in [2.75, 3.05) is 0 Å². The van der Waals surface area contributed by atoms with Gasteiger partial charge in [-0.05, 0) is 17.5 Å². The van der Waals surface area contributed by atoms with E-state index in [2.05, 4.69) is 0 Å². The Hall–Kier alpha value is -0.850. The lowest BCUT2D eigenvalue weighted by atomic mass is 9.81. The van der Waals surface area contributed by atoms with Gasteiger partial charge in [-0.2, -0.15) is 13.2 Å². The summed E-state index contributed by atoms with van der Waals surface area (Å²) in [5.74, 6) is -1.06. The maximum Gasteiger partial charge on any atom is 0.416 e. The Bertz CT molecular complexity index is 457. The monoisotopic (exact) mass is 315 g/mol. The third kappa shape index (κ3) is 4.07. The number of benzene rings is 1. The summed E-state index contributed by atoms with van der Waals surface area (Å²) in [7, 11) is 0. The van der Waals surface area contributed by atoms with E-state index >= 15 is 0 Å². The number of alkyl halides is 3. The van der Waals surface area contributed by atoms with E-state index < -0.39 is 40.7 Å². The van der Waals surface area contributed by atoms with Crippen LogP contribution in [0.3, 0.4) is 0 Å². The lowest BCUT2D eigenvalue weighted by molar-refractivity contribution is -0.139. The second kappa shape index (κ2) is 6.28. The minimum Gasteiger partial charge on any atom is -0.391 e. The topological polar surface area (TPSA) is 46.2 Å². The van der Waals surface area contributed by atoms with Gasteiger partial charge in [-0.25, -0.2) is 4.39 Å². The second-order valence-electron chi connectivity index (χ2n) is 5.54. The molecule has 2 nitrogen and oxygen atoms in total. The number of rotatable bonds is 2. The fraction of sp³-hybridized carbons (Fsp3) is 0.538. The average molecular weight is 316 g/mol. The molecule has 3 N–H and O–H groups in total. The molecular formula is C13H18ClF4NO. The zero-order chi connectivity index (χ0) is 15.0. The molecule has 0 bridgehead atoms. The van der Waals surface area contributed by atoms with E-state index in [-0.39, 0.29) is 12.4 Å². The van der Waals surface area contributed by atoms with Crippen molar-refractivity contribution in [2.24, 2.45) is 11.1 Å². The van der Waals surface area contributed by atoms with E-state index in [1.807, 2.05) is 0 Å². The number of aliphatic hydroxyl groups excluding tert-OH is 1. The molecule has 20 heavy (non-hydrogen) atoms. The van der Waals surface area contributed by atoms with Crippen LogP contribution in [0, 0.1) is 11.2 Å². The third-order valence-corrected chi connectivity index (χ3v) is 2.92. The van der Waals surface area contributed by atoms with Gasteiger partial charge in [0.1, 0.15) is 5.82 Å². The van der Waals surface area contributed by atoms with Crippen LogP contribution < -0.4 is 5.73 Å². The lowest BCUT2D eigenvalue weighted by Crippen LogP contribution is -2.38. The van der Waals surface area contributed by atoms with Crippen LogP contribution in [-0.4, -0.2) is 11.2 Å². The molecule has 1 rings (SSSR count). The van der Waals surface area contributed by atoms with Gasteiger partial charge in [-0.1, -0.05) is 26.8 Å². The molecule has 0 spiro atoms. The van der Waals surface area contributed by atoms with Crippen LogP contribution in [0.1, 0.15) is 37.9 Å². The highest BCUT2D eigenvalue weighted by Gasteiger charge is 2.39. The zero-order valence-electron chi connectivity index (χ0n) is 11.3. The molecular weight excluding hydrogens is 298 g/mol. The van der Waals surface area contributed by atoms with Crippen molar-refractivity contribution in [1.29, 1.82) is 0 Å². The quantitative estimate of drug-likeness (QED) is 0.818. The molecule has 7 heteroatoms. The molecule has 0 aromatic heterocycles. The van der Waals surface area contributed by atoms with Gasteiger partial charge in [0.05, 0.1) is 17.7 Å². The summed E-state index contributed by atoms with van der Waals surface area (Å²) in [6.45, 7) is 4.85. The van der Waals surface area contributed by atoms with E-state index in [9.17, 15) is 22.7 Å². The standard InChI is InChI=1S/C13H17F4NO.ClH/c1-12(2,3)11(19)10(18)9-7(13(15,16)17)5-4-6-8(9)14;/h4-6,10-11,19H,18H2,1-3H3;1H/t10-,11-;/m1./s1. The first kappa shape index (κ1) is 19.1. The third-order valence-electron chi connectivity index (χ3n) is 2.92. The number of aliphatic hydroxyl groups is 1. The molecule has 0 fully saturated rings. The highest BCUT2D eigenvalue weighted by molar-refractivity contribution is 5.85. The summed E-state index contributed by atoms with van der Waals surface area (Å²) in [6.07, 6.45) is -6.02. The molecule has 2 atom stereocenters. The molecule has 0 unspecified atom stereocenters. The molecule has 0 saturated carbocycles. The Morgan fingerprint density at radius 3 is 2.05 bits per heavy atom. The van der Waals surface area contributed by atoms with Crippen molar-refractivity contribution in [1.82, 2.24) is 0 Å². The molecule has 0 amide bonds. The van der Waals surface area contributed by atoms with E-state index in [0.29, 0.717) is 0 Å². The van der Waals surface area contributed by atoms with Crippen LogP contribution in [0.2, 0.25) is 0 Å². The van der Waals surface area contributed by atoms with E-state index in [1.54, 1.807) is 20.8 Å². The summed E-state index contributed by atoms with van der Waals surface area (Å²) >= 11 is 0. The Morgan fingerprint density at radius 2 is 1.65 bits per heavy atom. The Balaban J connectivity index is 0.00000361. The number of nitrogens with two attached hydrogens (primary N) is 1. The van der Waals surface area contributed by atoms with Gasteiger partial charge >= 0.3 is 6.18 Å². The van der Waals surface area contributed by atoms with Crippen LogP contribution in [0.25, 0.3) is 0 Å². The molecule has 0 saturated heterocycles. The van der Waals surface area contributed by atoms with Gasteiger partial charge < -0.3 is 10.8 Å². The fourth-order valence-electron chi connectivity index (χ4n) is 1.82. The van der Waals surface area contributed by atoms with Crippen LogP contribution in [0.15, 0.2) is 18.2 Å². The number of hydrogen-bond acceptors (Lipinski definition) is 2. The molecule has 0 aliphatic rings. The summed E-state index contributed by atoms with van der Waals surface area (Å²) in [6, 6.07) is 1.18. The highest BCUT2D eigenvalue weighted by atomic mass is 35.5. The van der Waals surface area contributed by atoms with Gasteiger partial charge in [0, 0.05) is 5.56 Å². The SMILES string of the molecule is CC(C)(C)[C@H](O)[C@H](N)c1c(F)cccc1C(F)(F)F.Cl. The Kier molecular flexibility index (Phi) is 6.02. The Morgan fingerprint density at radius 1 is 1.15 bits per heavy atom. The molecule has 116 valence electrons. The largest absolute Gasteiger partial charge is 0.416 e. The minimum absolute atomic E-state index is 0. The van der Waals surface area contributed by atoms with E-state index in [1.165, 1.54) is 0 Å². The zero-order valence-corrected chi connectivity index (χ0v) is 12.1. The smallest absolute Gasteiger partial charge is 0.391 e. The van der Waals surface area contributed by atoms with Gasteiger partial charge in [-0.15, -0.1) is 12.4 Å². The first-order chi connectivity index (χ1) is 8.46. The first-order valence-electron chi connectivity index (χ1n) is 5.75. The number of halogens is 5.